The number of benzene rings is 3. The summed E-state index contributed by atoms with van der Waals surface area (Å²) in [4.78, 5) is 14.2. The lowest BCUT2D eigenvalue weighted by Gasteiger charge is -2.16. The molecule has 3 atom stereocenters. The van der Waals surface area contributed by atoms with E-state index in [0.717, 1.165) is 44.1 Å². The van der Waals surface area contributed by atoms with E-state index in [9.17, 15) is 25.5 Å². The molecule has 0 aliphatic rings. The van der Waals surface area contributed by atoms with Crippen LogP contribution >= 0.6 is 0 Å². The van der Waals surface area contributed by atoms with Crippen molar-refractivity contribution in [3.05, 3.63) is 71.3 Å². The fourth-order valence-electron chi connectivity index (χ4n) is 5.96. The second kappa shape index (κ2) is 23.0. The zero-order chi connectivity index (χ0) is 39.6. The van der Waals surface area contributed by atoms with E-state index in [1.807, 2.05) is 18.2 Å². The zero-order valence-corrected chi connectivity index (χ0v) is 32.7. The summed E-state index contributed by atoms with van der Waals surface area (Å²) in [6, 6.07) is 15.6. The first-order valence-electron chi connectivity index (χ1n) is 19.5. The lowest BCUT2D eigenvalue weighted by molar-refractivity contribution is 0.0359. The highest BCUT2D eigenvalue weighted by atomic mass is 16.5. The van der Waals surface area contributed by atoms with Crippen LogP contribution in [0.25, 0.3) is 34.2 Å². The number of aliphatic hydroxyl groups is 3. The zero-order valence-electron chi connectivity index (χ0n) is 32.7. The molecule has 55 heavy (non-hydrogen) atoms. The second-order valence-corrected chi connectivity index (χ2v) is 13.9. The maximum Gasteiger partial charge on any atom is 0.167 e. The predicted molar refractivity (Wildman–Crippen MR) is 212 cm³/mol. The van der Waals surface area contributed by atoms with Gasteiger partial charge in [0.25, 0.3) is 0 Å². The van der Waals surface area contributed by atoms with Crippen LogP contribution in [0, 0.1) is 0 Å². The third-order valence-electron chi connectivity index (χ3n) is 9.02. The number of aliphatic hydroxyl groups excluding tert-OH is 3. The Kier molecular flexibility index (Phi) is 18.2. The lowest BCUT2D eigenvalue weighted by Crippen LogP contribution is -2.18. The molecule has 12 heteroatoms. The molecule has 12 nitrogen and oxygen atoms in total. The Balaban J connectivity index is 1.67. The van der Waals surface area contributed by atoms with Gasteiger partial charge in [-0.1, -0.05) is 58.2 Å². The summed E-state index contributed by atoms with van der Waals surface area (Å²) in [5.41, 5.74) is 3.44. The summed E-state index contributed by atoms with van der Waals surface area (Å²) in [7, 11) is 1.54. The van der Waals surface area contributed by atoms with E-state index in [4.69, 9.17) is 33.9 Å². The van der Waals surface area contributed by atoms with Gasteiger partial charge in [0.1, 0.15) is 17.2 Å². The van der Waals surface area contributed by atoms with Crippen LogP contribution in [0.4, 0.5) is 0 Å². The molecule has 1 heterocycles. The normalized spacial score (nSPS) is 13.1. The van der Waals surface area contributed by atoms with Crippen molar-refractivity contribution in [1.82, 2.24) is 15.0 Å². The topological polar surface area (TPSA) is 177 Å². The van der Waals surface area contributed by atoms with E-state index >= 15 is 0 Å². The van der Waals surface area contributed by atoms with Gasteiger partial charge in [0.15, 0.2) is 17.5 Å². The van der Waals surface area contributed by atoms with Gasteiger partial charge in [-0.3, -0.25) is 0 Å². The van der Waals surface area contributed by atoms with Gasteiger partial charge < -0.3 is 44.5 Å². The van der Waals surface area contributed by atoms with Crippen molar-refractivity contribution in [2.24, 2.45) is 0 Å². The second-order valence-electron chi connectivity index (χ2n) is 13.9. The summed E-state index contributed by atoms with van der Waals surface area (Å²) in [6.07, 6.45) is 4.59. The van der Waals surface area contributed by atoms with Crippen molar-refractivity contribution < 1.29 is 44.5 Å². The average molecular weight is 762 g/mol. The number of hydrogen-bond acceptors (Lipinski definition) is 12. The number of rotatable bonds is 25. The molecule has 4 rings (SSSR count). The highest BCUT2D eigenvalue weighted by Crippen LogP contribution is 2.36. The van der Waals surface area contributed by atoms with Crippen LogP contribution in [0.5, 0.6) is 17.2 Å². The molecule has 0 aliphatic heterocycles. The highest BCUT2D eigenvalue weighted by Gasteiger charge is 2.21. The van der Waals surface area contributed by atoms with Crippen molar-refractivity contribution in [3.8, 4) is 51.4 Å². The van der Waals surface area contributed by atoms with Gasteiger partial charge in [0.05, 0.1) is 61.9 Å². The number of hydrogen-bond donors (Lipinski definition) is 5. The average Bonchev–Trinajstić information content (AvgIpc) is 3.16. The van der Waals surface area contributed by atoms with E-state index in [2.05, 4.69) is 20.8 Å². The largest absolute Gasteiger partial charge is 0.507 e. The number of nitrogens with zero attached hydrogens (tertiary/aromatic N) is 3. The van der Waals surface area contributed by atoms with Gasteiger partial charge in [-0.15, -0.1) is 0 Å². The summed E-state index contributed by atoms with van der Waals surface area (Å²) in [5.74, 6) is 0.823. The Morgan fingerprint density at radius 1 is 0.509 bits per heavy atom. The standard InChI is InChI=1S/C43H59N3O9/c1-5-8-17-53-26-32(47)20-29-11-14-35(38(50)23-29)41-44-42(36-15-12-30(24-39(36)51)21-33(48)27-54-18-9-6-2)46-43(45-41)37-16-13-31(25-40(37)52-4)22-34(49)28-55-19-10-7-3/h11-16,23-25,32-34,47-51H,5-10,17-22,26-28H2,1-4H3. The number of phenolic OH excluding ortho intramolecular Hbond substituents is 2. The first-order chi connectivity index (χ1) is 26.6. The van der Waals surface area contributed by atoms with E-state index in [0.29, 0.717) is 59.8 Å². The van der Waals surface area contributed by atoms with Crippen LogP contribution in [-0.4, -0.2) is 106 Å². The molecule has 3 unspecified atom stereocenters. The maximum absolute atomic E-state index is 11.3. The molecule has 4 aromatic rings. The van der Waals surface area contributed by atoms with E-state index in [-0.39, 0.29) is 61.6 Å². The number of unbranched alkanes of at least 4 members (excludes halogenated alkanes) is 3. The van der Waals surface area contributed by atoms with Crippen molar-refractivity contribution in [3.63, 3.8) is 0 Å². The number of aromatic nitrogens is 3. The molecule has 300 valence electrons. The number of phenols is 2. The Morgan fingerprint density at radius 3 is 1.20 bits per heavy atom. The van der Waals surface area contributed by atoms with Gasteiger partial charge in [-0.25, -0.2) is 15.0 Å². The molecule has 5 N–H and O–H groups in total. The van der Waals surface area contributed by atoms with Gasteiger partial charge in [0.2, 0.25) is 0 Å². The molecule has 1 aromatic heterocycles. The molecule has 0 bridgehead atoms. The van der Waals surface area contributed by atoms with E-state index in [1.165, 1.54) is 7.11 Å². The van der Waals surface area contributed by atoms with Crippen molar-refractivity contribution in [2.75, 3.05) is 46.8 Å². The Morgan fingerprint density at radius 2 is 0.855 bits per heavy atom. The third-order valence-corrected chi connectivity index (χ3v) is 9.02. The van der Waals surface area contributed by atoms with Crippen molar-refractivity contribution in [1.29, 1.82) is 0 Å². The Labute approximate surface area is 325 Å². The van der Waals surface area contributed by atoms with Crippen molar-refractivity contribution >= 4 is 0 Å². The van der Waals surface area contributed by atoms with Gasteiger partial charge >= 0.3 is 0 Å². The van der Waals surface area contributed by atoms with E-state index < -0.39 is 18.3 Å². The molecule has 0 saturated carbocycles. The minimum atomic E-state index is -0.733. The molecule has 0 amide bonds. The van der Waals surface area contributed by atoms with Gasteiger partial charge in [0, 0.05) is 39.1 Å². The third kappa shape index (κ3) is 13.8. The van der Waals surface area contributed by atoms with Crippen molar-refractivity contribution in [2.45, 2.75) is 96.9 Å². The predicted octanol–water partition coefficient (Wildman–Crippen LogP) is 6.45. The highest BCUT2D eigenvalue weighted by molar-refractivity contribution is 5.74. The molecule has 0 radical (unpaired) electrons. The van der Waals surface area contributed by atoms with Crippen LogP contribution in [0.3, 0.4) is 0 Å². The SMILES string of the molecule is CCCCOCC(O)Cc1ccc(-c2nc(-c3ccc(CC(O)COCCCC)cc3O)nc(-c3ccc(CC(O)COCCCC)cc3OC)n2)c(O)c1. The summed E-state index contributed by atoms with van der Waals surface area (Å²) >= 11 is 0. The number of methoxy groups -OCH3 is 1. The monoisotopic (exact) mass is 761 g/mol. The molecule has 0 saturated heterocycles. The molecule has 3 aromatic carbocycles. The van der Waals surface area contributed by atoms with Crippen LogP contribution in [0.1, 0.15) is 76.0 Å². The van der Waals surface area contributed by atoms with Gasteiger partial charge in [-0.2, -0.15) is 0 Å². The fourth-order valence-corrected chi connectivity index (χ4v) is 5.96. The van der Waals surface area contributed by atoms with Gasteiger partial charge in [-0.05, 0) is 72.4 Å². The summed E-state index contributed by atoms with van der Waals surface area (Å²) in [5, 5.41) is 54.1. The van der Waals surface area contributed by atoms with Crippen LogP contribution in [-0.2, 0) is 33.5 Å². The fraction of sp³-hybridized carbons (Fsp3) is 0.512. The lowest BCUT2D eigenvalue weighted by atomic mass is 10.0. The molecule has 0 aliphatic carbocycles. The Hall–Kier alpha value is -4.17. The summed E-state index contributed by atoms with van der Waals surface area (Å²) < 4.78 is 22.5. The molecule has 0 spiro atoms. The molecular formula is C43H59N3O9. The Bertz CT molecular complexity index is 1670. The first-order valence-corrected chi connectivity index (χ1v) is 19.5. The smallest absolute Gasteiger partial charge is 0.167 e. The maximum atomic E-state index is 11.3. The number of aromatic hydroxyl groups is 2. The minimum absolute atomic E-state index is 0.0909. The van der Waals surface area contributed by atoms with Crippen LogP contribution in [0.2, 0.25) is 0 Å². The summed E-state index contributed by atoms with van der Waals surface area (Å²) in [6.45, 7) is 8.63. The van der Waals surface area contributed by atoms with E-state index in [1.54, 1.807) is 36.4 Å². The molecular weight excluding hydrogens is 702 g/mol. The quantitative estimate of drug-likeness (QED) is 0.0467. The molecule has 0 fully saturated rings. The first kappa shape index (κ1) is 43.6. The van der Waals surface area contributed by atoms with Crippen LogP contribution < -0.4 is 4.74 Å². The number of ether oxygens (including phenoxy) is 4. The van der Waals surface area contributed by atoms with Crippen LogP contribution in [0.15, 0.2) is 54.6 Å². The minimum Gasteiger partial charge on any atom is -0.507 e.